The molecule has 1 unspecified atom stereocenters. The lowest BCUT2D eigenvalue weighted by Crippen LogP contribution is -2.53. The van der Waals surface area contributed by atoms with Gasteiger partial charge in [-0.1, -0.05) is 57.5 Å². The Kier molecular flexibility index (Phi) is 6.46. The number of hydrogen-bond acceptors (Lipinski definition) is 4. The molecule has 1 atom stereocenters. The predicted molar refractivity (Wildman–Crippen MR) is 101 cm³/mol. The minimum absolute atomic E-state index is 0.0809. The van der Waals surface area contributed by atoms with E-state index in [1.807, 2.05) is 6.07 Å². The van der Waals surface area contributed by atoms with E-state index < -0.39 is 18.9 Å². The molecule has 1 amide bonds. The average molecular weight is 359 g/mol. The molecule has 0 aliphatic heterocycles. The Hall–Kier alpha value is -2.30. The number of benzene rings is 1. The number of ether oxygens (including phenoxy) is 2. The van der Waals surface area contributed by atoms with Gasteiger partial charge in [0.2, 0.25) is 6.79 Å². The zero-order chi connectivity index (χ0) is 19.2. The summed E-state index contributed by atoms with van der Waals surface area (Å²) in [5.74, 6) is -0.520. The van der Waals surface area contributed by atoms with Crippen molar-refractivity contribution in [3.8, 4) is 0 Å². The smallest absolute Gasteiger partial charge is 0.410 e. The first-order valence-corrected chi connectivity index (χ1v) is 9.09. The fourth-order valence-electron chi connectivity index (χ4n) is 4.11. The van der Waals surface area contributed by atoms with Crippen LogP contribution in [0.5, 0.6) is 0 Å². The molecule has 1 aromatic rings. The van der Waals surface area contributed by atoms with Gasteiger partial charge < -0.3 is 14.8 Å². The van der Waals surface area contributed by atoms with Crippen molar-refractivity contribution in [3.63, 3.8) is 0 Å². The molecule has 1 fully saturated rings. The molecule has 0 heterocycles. The lowest BCUT2D eigenvalue weighted by molar-refractivity contribution is -0.00589. The third-order valence-corrected chi connectivity index (χ3v) is 4.62. The zero-order valence-electron chi connectivity index (χ0n) is 16.0. The highest BCUT2D eigenvalue weighted by Gasteiger charge is 2.42. The van der Waals surface area contributed by atoms with Crippen molar-refractivity contribution >= 4 is 12.1 Å². The molecule has 0 spiro atoms. The SMILES string of the molecule is C=C1CC(C)(C)CC(CCC)(NC(=O)OCOC(=O)c2ccccc2)C1. The van der Waals surface area contributed by atoms with Gasteiger partial charge in [0, 0.05) is 5.54 Å². The highest BCUT2D eigenvalue weighted by molar-refractivity contribution is 5.89. The van der Waals surface area contributed by atoms with Crippen LogP contribution in [0.4, 0.5) is 4.79 Å². The van der Waals surface area contributed by atoms with Crippen LogP contribution in [0.3, 0.4) is 0 Å². The summed E-state index contributed by atoms with van der Waals surface area (Å²) in [6, 6.07) is 8.60. The summed E-state index contributed by atoms with van der Waals surface area (Å²) in [7, 11) is 0. The molecule has 1 N–H and O–H groups in total. The number of carbonyl (C=O) groups excluding carboxylic acids is 2. The average Bonchev–Trinajstić information content (AvgIpc) is 2.53. The van der Waals surface area contributed by atoms with Crippen molar-refractivity contribution in [3.05, 3.63) is 48.0 Å². The van der Waals surface area contributed by atoms with Gasteiger partial charge in [-0.3, -0.25) is 0 Å². The topological polar surface area (TPSA) is 64.6 Å². The lowest BCUT2D eigenvalue weighted by Gasteiger charge is -2.46. The Bertz CT molecular complexity index is 653. The van der Waals surface area contributed by atoms with E-state index in [9.17, 15) is 9.59 Å². The molecule has 1 aliphatic carbocycles. The molecule has 5 nitrogen and oxygen atoms in total. The Labute approximate surface area is 155 Å². The molecule has 0 aromatic heterocycles. The van der Waals surface area contributed by atoms with Crippen LogP contribution in [0.2, 0.25) is 0 Å². The van der Waals surface area contributed by atoms with E-state index in [1.165, 1.54) is 0 Å². The molecule has 0 bridgehead atoms. The number of esters is 1. The first-order chi connectivity index (χ1) is 12.3. The second kappa shape index (κ2) is 8.39. The molecule has 5 heteroatoms. The summed E-state index contributed by atoms with van der Waals surface area (Å²) in [5, 5.41) is 3.02. The summed E-state index contributed by atoms with van der Waals surface area (Å²) in [4.78, 5) is 24.1. The second-order valence-electron chi connectivity index (χ2n) is 7.95. The predicted octanol–water partition coefficient (Wildman–Crippen LogP) is 4.83. The number of alkyl carbamates (subject to hydrolysis) is 1. The molecule has 142 valence electrons. The summed E-state index contributed by atoms with van der Waals surface area (Å²) in [6.45, 7) is 10.2. The lowest BCUT2D eigenvalue weighted by atomic mass is 9.65. The largest absolute Gasteiger partial charge is 0.424 e. The van der Waals surface area contributed by atoms with Crippen molar-refractivity contribution in [1.82, 2.24) is 5.32 Å². The van der Waals surface area contributed by atoms with Crippen molar-refractivity contribution in [2.75, 3.05) is 6.79 Å². The standard InChI is InChI=1S/C21H29NO4/c1-5-11-21(13-16(2)12-20(3,4)14-21)22-19(24)26-15-25-18(23)17-9-7-6-8-10-17/h6-10H,2,5,11-15H2,1,3-4H3,(H,22,24). The van der Waals surface area contributed by atoms with Crippen LogP contribution in [0.25, 0.3) is 0 Å². The normalized spacial score (nSPS) is 21.7. The third kappa shape index (κ3) is 5.61. The number of rotatable bonds is 6. The van der Waals surface area contributed by atoms with Crippen molar-refractivity contribution in [2.24, 2.45) is 5.41 Å². The summed E-state index contributed by atoms with van der Waals surface area (Å²) in [5.41, 5.74) is 1.29. The van der Waals surface area contributed by atoms with Crippen LogP contribution in [-0.2, 0) is 9.47 Å². The highest BCUT2D eigenvalue weighted by atomic mass is 16.7. The van der Waals surface area contributed by atoms with Crippen molar-refractivity contribution < 1.29 is 19.1 Å². The maximum Gasteiger partial charge on any atom is 0.410 e. The van der Waals surface area contributed by atoms with Crippen LogP contribution in [-0.4, -0.2) is 24.4 Å². The second-order valence-corrected chi connectivity index (χ2v) is 7.95. The van der Waals surface area contributed by atoms with Gasteiger partial charge in [0.05, 0.1) is 5.56 Å². The fraction of sp³-hybridized carbons (Fsp3) is 0.524. The monoisotopic (exact) mass is 359 g/mol. The van der Waals surface area contributed by atoms with Gasteiger partial charge in [0.25, 0.3) is 0 Å². The molecule has 1 aliphatic rings. The Balaban J connectivity index is 1.90. The van der Waals surface area contributed by atoms with Crippen LogP contribution < -0.4 is 5.32 Å². The van der Waals surface area contributed by atoms with Gasteiger partial charge in [-0.05, 0) is 43.2 Å². The molecule has 1 aromatic carbocycles. The molecule has 1 saturated carbocycles. The minimum atomic E-state index is -0.565. The molecular formula is C21H29NO4. The van der Waals surface area contributed by atoms with E-state index in [4.69, 9.17) is 9.47 Å². The number of hydrogen-bond donors (Lipinski definition) is 1. The van der Waals surface area contributed by atoms with Crippen LogP contribution in [0.1, 0.15) is 63.2 Å². The summed E-state index contributed by atoms with van der Waals surface area (Å²) < 4.78 is 10.1. The Morgan fingerprint density at radius 3 is 2.46 bits per heavy atom. The van der Waals surface area contributed by atoms with Crippen LogP contribution >= 0.6 is 0 Å². The van der Waals surface area contributed by atoms with Crippen molar-refractivity contribution in [1.29, 1.82) is 0 Å². The number of carbonyl (C=O) groups is 2. The van der Waals surface area contributed by atoms with E-state index in [2.05, 4.69) is 32.7 Å². The summed E-state index contributed by atoms with van der Waals surface area (Å²) in [6.07, 6.45) is 3.82. The molecule has 26 heavy (non-hydrogen) atoms. The van der Waals surface area contributed by atoms with E-state index in [0.717, 1.165) is 37.7 Å². The van der Waals surface area contributed by atoms with E-state index in [-0.39, 0.29) is 11.0 Å². The van der Waals surface area contributed by atoms with E-state index in [1.54, 1.807) is 24.3 Å². The Morgan fingerprint density at radius 2 is 1.85 bits per heavy atom. The summed E-state index contributed by atoms with van der Waals surface area (Å²) >= 11 is 0. The maximum absolute atomic E-state index is 12.3. The van der Waals surface area contributed by atoms with Gasteiger partial charge in [-0.2, -0.15) is 0 Å². The number of nitrogens with one attached hydrogen (secondary N) is 1. The third-order valence-electron chi connectivity index (χ3n) is 4.62. The van der Waals surface area contributed by atoms with E-state index >= 15 is 0 Å². The first kappa shape index (κ1) is 20.0. The van der Waals surface area contributed by atoms with Crippen LogP contribution in [0, 0.1) is 5.41 Å². The quantitative estimate of drug-likeness (QED) is 0.449. The Morgan fingerprint density at radius 1 is 1.15 bits per heavy atom. The van der Waals surface area contributed by atoms with Gasteiger partial charge in [-0.25, -0.2) is 9.59 Å². The molecule has 2 rings (SSSR count). The van der Waals surface area contributed by atoms with Gasteiger partial charge in [0.15, 0.2) is 0 Å². The minimum Gasteiger partial charge on any atom is -0.424 e. The molecular weight excluding hydrogens is 330 g/mol. The molecule has 0 saturated heterocycles. The van der Waals surface area contributed by atoms with Gasteiger partial charge in [0.1, 0.15) is 0 Å². The van der Waals surface area contributed by atoms with E-state index in [0.29, 0.717) is 5.56 Å². The van der Waals surface area contributed by atoms with Gasteiger partial charge in [-0.15, -0.1) is 0 Å². The highest BCUT2D eigenvalue weighted by Crippen LogP contribution is 2.45. The van der Waals surface area contributed by atoms with Gasteiger partial charge >= 0.3 is 12.1 Å². The van der Waals surface area contributed by atoms with Crippen LogP contribution in [0.15, 0.2) is 42.5 Å². The fourth-order valence-corrected chi connectivity index (χ4v) is 4.11. The zero-order valence-corrected chi connectivity index (χ0v) is 16.0. The molecule has 0 radical (unpaired) electrons. The van der Waals surface area contributed by atoms with Crippen molar-refractivity contribution in [2.45, 2.75) is 58.4 Å². The maximum atomic E-state index is 12.3. The first-order valence-electron chi connectivity index (χ1n) is 9.09. The number of amides is 1.